The SMILES string of the molecule is COC(=O)C1=C(C)N(C2CCCCC2F)C(=O)/C1=C\C1CCCC(OC)C1O. The first-order valence-corrected chi connectivity index (χ1v) is 10.1. The van der Waals surface area contributed by atoms with E-state index < -0.39 is 24.3 Å². The smallest absolute Gasteiger partial charge is 0.340 e. The first-order valence-electron chi connectivity index (χ1n) is 10.1. The van der Waals surface area contributed by atoms with Crippen LogP contribution in [0.15, 0.2) is 22.9 Å². The lowest BCUT2D eigenvalue weighted by molar-refractivity contribution is -0.136. The molecule has 3 rings (SSSR count). The van der Waals surface area contributed by atoms with Gasteiger partial charge in [-0.25, -0.2) is 9.18 Å². The van der Waals surface area contributed by atoms with Crippen LogP contribution in [0.5, 0.6) is 0 Å². The Kier molecular flexibility index (Phi) is 6.55. The van der Waals surface area contributed by atoms with Crippen LogP contribution in [0.25, 0.3) is 0 Å². The van der Waals surface area contributed by atoms with Gasteiger partial charge in [-0.1, -0.05) is 25.3 Å². The number of halogens is 1. The average Bonchev–Trinajstić information content (AvgIpc) is 2.93. The van der Waals surface area contributed by atoms with Crippen molar-refractivity contribution in [3.05, 3.63) is 22.9 Å². The largest absolute Gasteiger partial charge is 0.465 e. The van der Waals surface area contributed by atoms with Gasteiger partial charge in [0.1, 0.15) is 6.17 Å². The number of alkyl halides is 1. The first-order chi connectivity index (χ1) is 13.4. The van der Waals surface area contributed by atoms with Crippen LogP contribution in [0.4, 0.5) is 4.39 Å². The highest BCUT2D eigenvalue weighted by atomic mass is 19.1. The third-order valence-corrected chi connectivity index (χ3v) is 6.34. The average molecular weight is 395 g/mol. The lowest BCUT2D eigenvalue weighted by Gasteiger charge is -2.35. The number of rotatable bonds is 4. The lowest BCUT2D eigenvalue weighted by atomic mass is 9.82. The highest BCUT2D eigenvalue weighted by Gasteiger charge is 2.44. The molecule has 1 aliphatic heterocycles. The number of hydrogen-bond acceptors (Lipinski definition) is 5. The summed E-state index contributed by atoms with van der Waals surface area (Å²) in [6, 6.07) is -0.560. The maximum absolute atomic E-state index is 14.6. The van der Waals surface area contributed by atoms with Gasteiger partial charge < -0.3 is 19.5 Å². The van der Waals surface area contributed by atoms with E-state index >= 15 is 0 Å². The Morgan fingerprint density at radius 1 is 1.18 bits per heavy atom. The Bertz CT molecular complexity index is 688. The van der Waals surface area contributed by atoms with Crippen molar-refractivity contribution >= 4 is 11.9 Å². The van der Waals surface area contributed by atoms with E-state index in [0.717, 1.165) is 25.7 Å². The molecule has 0 aromatic rings. The van der Waals surface area contributed by atoms with Crippen LogP contribution >= 0.6 is 0 Å². The van der Waals surface area contributed by atoms with Crippen LogP contribution in [0.2, 0.25) is 0 Å². The summed E-state index contributed by atoms with van der Waals surface area (Å²) in [7, 11) is 2.82. The molecule has 5 unspecified atom stereocenters. The topological polar surface area (TPSA) is 76.1 Å². The third kappa shape index (κ3) is 3.74. The predicted octanol–water partition coefficient (Wildman–Crippen LogP) is 2.66. The number of methoxy groups -OCH3 is 2. The molecule has 0 bridgehead atoms. The van der Waals surface area contributed by atoms with Crippen molar-refractivity contribution in [2.24, 2.45) is 5.92 Å². The summed E-state index contributed by atoms with van der Waals surface area (Å²) in [5.74, 6) is -1.30. The fraction of sp³-hybridized carbons (Fsp3) is 0.714. The van der Waals surface area contributed by atoms with E-state index in [4.69, 9.17) is 9.47 Å². The van der Waals surface area contributed by atoms with Crippen molar-refractivity contribution in [3.63, 3.8) is 0 Å². The van der Waals surface area contributed by atoms with E-state index in [1.165, 1.54) is 12.0 Å². The molecule has 1 amide bonds. The van der Waals surface area contributed by atoms with Gasteiger partial charge in [-0.3, -0.25) is 4.79 Å². The van der Waals surface area contributed by atoms with Gasteiger partial charge in [0.15, 0.2) is 0 Å². The second-order valence-corrected chi connectivity index (χ2v) is 7.93. The molecule has 0 aromatic carbocycles. The van der Waals surface area contributed by atoms with Crippen LogP contribution in [-0.4, -0.2) is 60.5 Å². The minimum atomic E-state index is -1.11. The van der Waals surface area contributed by atoms with Crippen molar-refractivity contribution in [1.82, 2.24) is 4.90 Å². The zero-order valence-electron chi connectivity index (χ0n) is 16.8. The third-order valence-electron chi connectivity index (χ3n) is 6.34. The van der Waals surface area contributed by atoms with E-state index in [9.17, 15) is 19.1 Å². The fourth-order valence-corrected chi connectivity index (χ4v) is 4.80. The summed E-state index contributed by atoms with van der Waals surface area (Å²) in [4.78, 5) is 27.1. The van der Waals surface area contributed by atoms with Gasteiger partial charge in [-0.15, -0.1) is 0 Å². The van der Waals surface area contributed by atoms with Gasteiger partial charge in [0.2, 0.25) is 0 Å². The quantitative estimate of drug-likeness (QED) is 0.585. The molecule has 1 N–H and O–H groups in total. The molecule has 0 radical (unpaired) electrons. The van der Waals surface area contributed by atoms with E-state index in [1.54, 1.807) is 20.1 Å². The van der Waals surface area contributed by atoms with Gasteiger partial charge in [-0.2, -0.15) is 0 Å². The molecule has 7 heteroatoms. The number of carbonyl (C=O) groups is 2. The zero-order chi connectivity index (χ0) is 20.4. The van der Waals surface area contributed by atoms with E-state index in [0.29, 0.717) is 25.0 Å². The Labute approximate surface area is 165 Å². The van der Waals surface area contributed by atoms with E-state index in [1.807, 2.05) is 0 Å². The summed E-state index contributed by atoms with van der Waals surface area (Å²) in [5.41, 5.74) is 0.825. The Hall–Kier alpha value is -1.73. The number of ether oxygens (including phenoxy) is 2. The minimum absolute atomic E-state index is 0.178. The number of aliphatic hydroxyl groups excluding tert-OH is 1. The molecule has 156 valence electrons. The Morgan fingerprint density at radius 3 is 2.54 bits per heavy atom. The molecular weight excluding hydrogens is 365 g/mol. The van der Waals surface area contributed by atoms with Crippen LogP contribution < -0.4 is 0 Å². The Morgan fingerprint density at radius 2 is 1.89 bits per heavy atom. The van der Waals surface area contributed by atoms with Crippen molar-refractivity contribution in [2.75, 3.05) is 14.2 Å². The zero-order valence-corrected chi connectivity index (χ0v) is 16.8. The van der Waals surface area contributed by atoms with Crippen molar-refractivity contribution in [2.45, 2.75) is 76.3 Å². The first kappa shape index (κ1) is 21.0. The van der Waals surface area contributed by atoms with Crippen molar-refractivity contribution in [1.29, 1.82) is 0 Å². The fourth-order valence-electron chi connectivity index (χ4n) is 4.80. The van der Waals surface area contributed by atoms with Gasteiger partial charge in [0.25, 0.3) is 5.91 Å². The summed E-state index contributed by atoms with van der Waals surface area (Å²) >= 11 is 0. The van der Waals surface area contributed by atoms with Gasteiger partial charge in [0.05, 0.1) is 36.5 Å². The predicted molar refractivity (Wildman–Crippen MR) is 101 cm³/mol. The normalized spacial score (nSPS) is 35.6. The number of hydrogen-bond donors (Lipinski definition) is 1. The number of allylic oxidation sites excluding steroid dienone is 1. The molecule has 3 aliphatic rings. The maximum atomic E-state index is 14.6. The molecule has 0 spiro atoms. The minimum Gasteiger partial charge on any atom is -0.465 e. The number of carbonyl (C=O) groups excluding carboxylic acids is 2. The standard InChI is InChI=1S/C21H30FNO5/c1-12-18(21(26)28-3)14(11-13-7-6-10-17(27-2)19(13)24)20(25)23(12)16-9-5-4-8-15(16)22/h11,13,15-17,19,24H,4-10H2,1-3H3/b14-11-. The molecule has 5 atom stereocenters. The molecule has 6 nitrogen and oxygen atoms in total. The second kappa shape index (κ2) is 8.74. The summed E-state index contributed by atoms with van der Waals surface area (Å²) in [6.07, 6.45) is 4.46. The monoisotopic (exact) mass is 395 g/mol. The molecule has 0 aromatic heterocycles. The number of amides is 1. The molecule has 1 heterocycles. The van der Waals surface area contributed by atoms with Crippen molar-refractivity contribution < 1.29 is 28.6 Å². The highest BCUT2D eigenvalue weighted by Crippen LogP contribution is 2.39. The number of esters is 1. The molecular formula is C21H30FNO5. The molecule has 2 aliphatic carbocycles. The highest BCUT2D eigenvalue weighted by molar-refractivity contribution is 6.13. The summed E-state index contributed by atoms with van der Waals surface area (Å²) < 4.78 is 24.8. The van der Waals surface area contributed by atoms with Crippen LogP contribution in [0, 0.1) is 5.92 Å². The maximum Gasteiger partial charge on any atom is 0.340 e. The Balaban J connectivity index is 1.97. The van der Waals surface area contributed by atoms with Gasteiger partial charge >= 0.3 is 5.97 Å². The van der Waals surface area contributed by atoms with Crippen molar-refractivity contribution in [3.8, 4) is 0 Å². The second-order valence-electron chi connectivity index (χ2n) is 7.93. The molecule has 28 heavy (non-hydrogen) atoms. The summed E-state index contributed by atoms with van der Waals surface area (Å²) in [6.45, 7) is 1.67. The van der Waals surface area contributed by atoms with E-state index in [-0.39, 0.29) is 29.1 Å². The molecule has 2 fully saturated rings. The van der Waals surface area contributed by atoms with Crippen LogP contribution in [-0.2, 0) is 19.1 Å². The van der Waals surface area contributed by atoms with Crippen LogP contribution in [0.3, 0.4) is 0 Å². The molecule has 2 saturated carbocycles. The van der Waals surface area contributed by atoms with E-state index in [2.05, 4.69) is 0 Å². The van der Waals surface area contributed by atoms with Gasteiger partial charge in [-0.05, 0) is 32.6 Å². The summed E-state index contributed by atoms with van der Waals surface area (Å²) in [5, 5.41) is 10.6. The van der Waals surface area contributed by atoms with Gasteiger partial charge in [0, 0.05) is 18.7 Å². The lowest BCUT2D eigenvalue weighted by Crippen LogP contribution is -2.44. The van der Waals surface area contributed by atoms with Crippen LogP contribution in [0.1, 0.15) is 51.9 Å². The molecule has 0 saturated heterocycles. The number of aliphatic hydroxyl groups is 1. The number of nitrogens with zero attached hydrogens (tertiary/aromatic N) is 1.